The molecule has 0 aromatic carbocycles. The molecule has 0 aromatic heterocycles. The highest BCUT2D eigenvalue weighted by molar-refractivity contribution is 5.81. The van der Waals surface area contributed by atoms with Crippen LogP contribution in [0.4, 0.5) is 9.59 Å². The van der Waals surface area contributed by atoms with E-state index in [0.717, 1.165) is 12.0 Å². The fourth-order valence-corrected chi connectivity index (χ4v) is 1.88. The van der Waals surface area contributed by atoms with Crippen LogP contribution in [0.5, 0.6) is 0 Å². The molecule has 0 bridgehead atoms. The summed E-state index contributed by atoms with van der Waals surface area (Å²) in [5, 5.41) is 20.2. The Morgan fingerprint density at radius 3 is 2.47 bits per heavy atom. The van der Waals surface area contributed by atoms with Gasteiger partial charge in [-0.05, 0) is 12.8 Å². The van der Waals surface area contributed by atoms with Gasteiger partial charge in [-0.3, -0.25) is 4.90 Å². The number of carbonyl (C=O) groups excluding carboxylic acids is 1. The van der Waals surface area contributed by atoms with Gasteiger partial charge in [-0.25, -0.2) is 14.4 Å². The molecule has 17 heavy (non-hydrogen) atoms. The number of hydrogen-bond acceptors (Lipinski definition) is 4. The van der Waals surface area contributed by atoms with E-state index >= 15 is 0 Å². The highest BCUT2D eigenvalue weighted by Gasteiger charge is 2.40. The van der Waals surface area contributed by atoms with Crippen LogP contribution in [0.1, 0.15) is 12.8 Å². The molecule has 2 amide bonds. The van der Waals surface area contributed by atoms with E-state index in [1.54, 1.807) is 0 Å². The van der Waals surface area contributed by atoms with Gasteiger partial charge in [0.05, 0.1) is 13.2 Å². The first kappa shape index (κ1) is 13.1. The van der Waals surface area contributed by atoms with Crippen LogP contribution in [0.25, 0.3) is 0 Å². The Bertz CT molecular complexity index is 331. The van der Waals surface area contributed by atoms with Crippen molar-refractivity contribution in [2.24, 2.45) is 0 Å². The number of carboxylic acids is 1. The molecular weight excluding hydrogens is 232 g/mol. The molecule has 1 aliphatic heterocycles. The van der Waals surface area contributed by atoms with Gasteiger partial charge in [-0.2, -0.15) is 0 Å². The lowest BCUT2D eigenvalue weighted by Gasteiger charge is -2.36. The number of likely N-dealkylation sites (tertiary alicyclic amines) is 1. The van der Waals surface area contributed by atoms with E-state index in [-0.39, 0.29) is 6.54 Å². The van der Waals surface area contributed by atoms with Gasteiger partial charge in [-0.15, -0.1) is 0 Å². The van der Waals surface area contributed by atoms with Crippen LogP contribution in [0, 0.1) is 0 Å². The highest BCUT2D eigenvalue weighted by Crippen LogP contribution is 2.18. The van der Waals surface area contributed by atoms with E-state index in [0.29, 0.717) is 12.8 Å². The Labute approximate surface area is 97.1 Å². The third-order valence-corrected chi connectivity index (χ3v) is 2.62. The fraction of sp³-hybridized carbons (Fsp3) is 0.667. The van der Waals surface area contributed by atoms with Crippen LogP contribution in [-0.4, -0.2) is 59.0 Å². The predicted octanol–water partition coefficient (Wildman–Crippen LogP) is -0.0620. The van der Waals surface area contributed by atoms with Crippen molar-refractivity contribution in [3.63, 3.8) is 0 Å². The first-order valence-corrected chi connectivity index (χ1v) is 5.04. The van der Waals surface area contributed by atoms with E-state index in [1.165, 1.54) is 0 Å². The van der Waals surface area contributed by atoms with E-state index in [1.807, 2.05) is 0 Å². The Morgan fingerprint density at radius 1 is 1.35 bits per heavy atom. The average Bonchev–Trinajstić information content (AvgIpc) is 2.28. The molecule has 1 aliphatic rings. The van der Waals surface area contributed by atoms with Crippen molar-refractivity contribution in [3.05, 3.63) is 0 Å². The van der Waals surface area contributed by atoms with Crippen LogP contribution in [0.3, 0.4) is 0 Å². The summed E-state index contributed by atoms with van der Waals surface area (Å²) in [6, 6.07) is -2.05. The molecule has 3 N–H and O–H groups in total. The molecule has 96 valence electrons. The Morgan fingerprint density at radius 2 is 2.00 bits per heavy atom. The Balaban J connectivity index is 2.83. The summed E-state index contributed by atoms with van der Waals surface area (Å²) < 4.78 is 4.37. The number of amides is 2. The monoisotopic (exact) mass is 246 g/mol. The molecule has 8 nitrogen and oxygen atoms in total. The molecule has 0 spiro atoms. The van der Waals surface area contributed by atoms with Gasteiger partial charge in [0.1, 0.15) is 0 Å². The third-order valence-electron chi connectivity index (χ3n) is 2.62. The molecule has 0 aliphatic carbocycles. The summed E-state index contributed by atoms with van der Waals surface area (Å²) >= 11 is 0. The fourth-order valence-electron chi connectivity index (χ4n) is 1.88. The number of carboxylic acid groups (broad SMARTS) is 2. The highest BCUT2D eigenvalue weighted by atomic mass is 16.5. The predicted molar refractivity (Wildman–Crippen MR) is 54.7 cm³/mol. The van der Waals surface area contributed by atoms with Crippen LogP contribution in [-0.2, 0) is 9.53 Å². The maximum atomic E-state index is 11.1. The zero-order valence-corrected chi connectivity index (χ0v) is 9.25. The van der Waals surface area contributed by atoms with Crippen molar-refractivity contribution in [3.8, 4) is 0 Å². The molecule has 8 heteroatoms. The van der Waals surface area contributed by atoms with Gasteiger partial charge in [0.15, 0.2) is 6.04 Å². The number of nitrogens with zero attached hydrogens (tertiary/aromatic N) is 1. The van der Waals surface area contributed by atoms with Crippen molar-refractivity contribution < 1.29 is 29.3 Å². The molecule has 1 rings (SSSR count). The molecule has 0 aromatic rings. The molecule has 1 fully saturated rings. The average molecular weight is 246 g/mol. The van der Waals surface area contributed by atoms with Crippen molar-refractivity contribution in [1.82, 2.24) is 10.2 Å². The van der Waals surface area contributed by atoms with E-state index < -0.39 is 30.2 Å². The van der Waals surface area contributed by atoms with Gasteiger partial charge >= 0.3 is 18.2 Å². The van der Waals surface area contributed by atoms with Crippen molar-refractivity contribution in [2.75, 3.05) is 13.7 Å². The Kier molecular flexibility index (Phi) is 4.13. The second-order valence-electron chi connectivity index (χ2n) is 3.64. The second-order valence-corrected chi connectivity index (χ2v) is 3.64. The van der Waals surface area contributed by atoms with Crippen LogP contribution >= 0.6 is 0 Å². The van der Waals surface area contributed by atoms with E-state index in [9.17, 15) is 14.4 Å². The van der Waals surface area contributed by atoms with E-state index in [2.05, 4.69) is 10.1 Å². The summed E-state index contributed by atoms with van der Waals surface area (Å²) in [6.07, 6.45) is -1.19. The number of aliphatic carboxylic acids is 1. The minimum Gasteiger partial charge on any atom is -0.480 e. The topological polar surface area (TPSA) is 116 Å². The Hall–Kier alpha value is -1.99. The van der Waals surface area contributed by atoms with Gasteiger partial charge in [0.25, 0.3) is 0 Å². The molecule has 0 unspecified atom stereocenters. The van der Waals surface area contributed by atoms with Crippen molar-refractivity contribution >= 4 is 18.2 Å². The van der Waals surface area contributed by atoms with Crippen LogP contribution in [0.2, 0.25) is 0 Å². The molecule has 0 saturated carbocycles. The molecule has 1 saturated heterocycles. The van der Waals surface area contributed by atoms with Gasteiger partial charge in [0.2, 0.25) is 0 Å². The SMILES string of the molecule is COC(=O)N[C@@H]1CCCN(C(=O)O)[C@@H]1C(=O)O. The normalized spacial score (nSPS) is 23.9. The summed E-state index contributed by atoms with van der Waals surface area (Å²) in [6.45, 7) is 0.144. The first-order chi connectivity index (χ1) is 7.97. The zero-order chi connectivity index (χ0) is 13.0. The molecule has 1 heterocycles. The standard InChI is InChI=1S/C9H14N2O6/c1-17-8(14)10-5-3-2-4-11(9(15)16)6(5)7(12)13/h5-6H,2-4H2,1H3,(H,10,14)(H,12,13)(H,15,16)/t5-,6+/m1/s1. The molecule has 0 radical (unpaired) electrons. The second kappa shape index (κ2) is 5.37. The van der Waals surface area contributed by atoms with Gasteiger partial charge in [-0.1, -0.05) is 0 Å². The van der Waals surface area contributed by atoms with Crippen molar-refractivity contribution in [2.45, 2.75) is 24.9 Å². The minimum absolute atomic E-state index is 0.144. The van der Waals surface area contributed by atoms with Crippen LogP contribution < -0.4 is 5.32 Å². The minimum atomic E-state index is -1.31. The maximum Gasteiger partial charge on any atom is 0.408 e. The zero-order valence-electron chi connectivity index (χ0n) is 9.25. The summed E-state index contributed by atoms with van der Waals surface area (Å²) in [5.74, 6) is -1.28. The number of ether oxygens (including phenoxy) is 1. The maximum absolute atomic E-state index is 11.1. The number of carbonyl (C=O) groups is 3. The number of hydrogen-bond donors (Lipinski definition) is 3. The van der Waals surface area contributed by atoms with Gasteiger partial charge in [0, 0.05) is 6.54 Å². The first-order valence-electron chi connectivity index (χ1n) is 5.04. The number of piperidine rings is 1. The lowest BCUT2D eigenvalue weighted by atomic mass is 9.96. The van der Waals surface area contributed by atoms with Crippen LogP contribution in [0.15, 0.2) is 0 Å². The summed E-state index contributed by atoms with van der Waals surface area (Å²) in [7, 11) is 1.16. The largest absolute Gasteiger partial charge is 0.480 e. The number of methoxy groups -OCH3 is 1. The smallest absolute Gasteiger partial charge is 0.408 e. The van der Waals surface area contributed by atoms with Gasteiger partial charge < -0.3 is 20.3 Å². The lowest BCUT2D eigenvalue weighted by molar-refractivity contribution is -0.144. The number of rotatable bonds is 2. The number of nitrogens with one attached hydrogen (secondary N) is 1. The summed E-state index contributed by atoms with van der Waals surface area (Å²) in [5.41, 5.74) is 0. The lowest BCUT2D eigenvalue weighted by Crippen LogP contribution is -2.60. The third kappa shape index (κ3) is 2.99. The number of alkyl carbamates (subject to hydrolysis) is 1. The van der Waals surface area contributed by atoms with E-state index in [4.69, 9.17) is 10.2 Å². The quantitative estimate of drug-likeness (QED) is 0.628. The molecular formula is C9H14N2O6. The summed E-state index contributed by atoms with van der Waals surface area (Å²) in [4.78, 5) is 33.8. The molecule has 2 atom stereocenters. The van der Waals surface area contributed by atoms with Crippen molar-refractivity contribution in [1.29, 1.82) is 0 Å².